The van der Waals surface area contributed by atoms with Crippen LogP contribution in [-0.2, 0) is 9.59 Å². The van der Waals surface area contributed by atoms with Crippen LogP contribution in [0.1, 0.15) is 27.1 Å². The van der Waals surface area contributed by atoms with Crippen molar-refractivity contribution in [1.82, 2.24) is 10.0 Å². The molecule has 5 rings (SSSR count). The number of amides is 3. The van der Waals surface area contributed by atoms with E-state index in [2.05, 4.69) is 0 Å². The summed E-state index contributed by atoms with van der Waals surface area (Å²) in [5.41, 5.74) is -0.158. The first kappa shape index (κ1) is 31.1. The average molecular weight is 722 g/mol. The lowest BCUT2D eigenvalue weighted by atomic mass is 9.84. The average Bonchev–Trinajstić information content (AvgIpc) is 3.32. The molecule has 2 aromatic carbocycles. The number of nitrogens with zero attached hydrogens (tertiary/aromatic N) is 2. The number of carbonyl (C=O) groups excluding carboxylic acids is 4. The van der Waals surface area contributed by atoms with Crippen LogP contribution in [0, 0.1) is 17.7 Å². The Hall–Kier alpha value is -1.29. The van der Waals surface area contributed by atoms with Crippen LogP contribution >= 0.6 is 92.8 Å². The van der Waals surface area contributed by atoms with Crippen LogP contribution in [0.4, 0.5) is 4.39 Å². The van der Waals surface area contributed by atoms with E-state index in [0.717, 1.165) is 12.1 Å². The summed E-state index contributed by atoms with van der Waals surface area (Å²) in [6.45, 7) is 0. The second-order valence-electron chi connectivity index (χ2n) is 9.56. The summed E-state index contributed by atoms with van der Waals surface area (Å²) in [4.78, 5) is 51.9. The van der Waals surface area contributed by atoms with Crippen molar-refractivity contribution in [2.24, 2.45) is 11.8 Å². The van der Waals surface area contributed by atoms with Gasteiger partial charge in [0.2, 0.25) is 0 Å². The van der Waals surface area contributed by atoms with Crippen molar-refractivity contribution in [1.29, 1.82) is 0 Å². The lowest BCUT2D eigenvalue weighted by molar-refractivity contribution is -0.157. The van der Waals surface area contributed by atoms with E-state index in [-0.39, 0.29) is 38.5 Å². The second kappa shape index (κ2) is 10.7. The highest BCUT2D eigenvalue weighted by Crippen LogP contribution is 2.77. The van der Waals surface area contributed by atoms with Crippen molar-refractivity contribution in [3.05, 3.63) is 80.6 Å². The topological polar surface area (TPSA) is 74.8 Å². The first-order valence-corrected chi connectivity index (χ1v) is 15.0. The van der Waals surface area contributed by atoms with E-state index < -0.39 is 61.3 Å². The van der Waals surface area contributed by atoms with Crippen LogP contribution in [0.15, 0.2) is 58.6 Å². The summed E-state index contributed by atoms with van der Waals surface area (Å²) in [5.74, 6) is -7.79. The fourth-order valence-electron chi connectivity index (χ4n) is 5.60. The third-order valence-electron chi connectivity index (χ3n) is 7.52. The molecular weight excluding hydrogens is 707 g/mol. The number of hydrogen-bond donors (Lipinski definition) is 0. The van der Waals surface area contributed by atoms with Gasteiger partial charge in [0.1, 0.15) is 21.6 Å². The van der Waals surface area contributed by atoms with Crippen LogP contribution in [0.2, 0.25) is 5.02 Å². The lowest BCUT2D eigenvalue weighted by Crippen LogP contribution is -2.60. The molecule has 5 atom stereocenters. The number of halogens is 9. The lowest BCUT2D eigenvalue weighted by Gasteiger charge is -2.39. The highest BCUT2D eigenvalue weighted by molar-refractivity contribution is 6.66. The minimum atomic E-state index is -2.21. The highest BCUT2D eigenvalue weighted by atomic mass is 35.5. The van der Waals surface area contributed by atoms with Gasteiger partial charge in [0.05, 0.1) is 32.5 Å². The van der Waals surface area contributed by atoms with Crippen LogP contribution in [0.25, 0.3) is 0 Å². The second-order valence-corrected chi connectivity index (χ2v) is 13.6. The normalized spacial score (nSPS) is 28.8. The van der Waals surface area contributed by atoms with Gasteiger partial charge in [0.25, 0.3) is 17.7 Å². The number of hydrogen-bond acceptors (Lipinski definition) is 4. The monoisotopic (exact) mass is 718 g/mol. The maximum atomic E-state index is 14.1. The smallest absolute Gasteiger partial charge is 0.275 e. The van der Waals surface area contributed by atoms with Gasteiger partial charge in [-0.1, -0.05) is 70.1 Å². The predicted molar refractivity (Wildman–Crippen MR) is 157 cm³/mol. The third-order valence-corrected chi connectivity index (χ3v) is 12.3. The highest BCUT2D eigenvalue weighted by Gasteiger charge is 2.88. The molecule has 1 heterocycles. The SMILES string of the molecule is O=C(c1ccc(F)cc1)[C@H](CCCl)N(C(=O)c1ccccc1Cl)N1C(=O)[C@@H]2[C@H](C1=O)[C@@]1(Cl)C(Cl)=C(Cl)[C@@]2(Cl)C1(Cl)Cl. The molecule has 2 aliphatic carbocycles. The first-order valence-electron chi connectivity index (χ1n) is 11.8. The minimum absolute atomic E-state index is 0.0197. The zero-order valence-electron chi connectivity index (χ0n) is 20.2. The Bertz CT molecular complexity index is 1490. The summed E-state index contributed by atoms with van der Waals surface area (Å²) in [6.07, 6.45) is -0.229. The molecule has 0 unspecified atom stereocenters. The van der Waals surface area contributed by atoms with Crippen LogP contribution < -0.4 is 0 Å². The van der Waals surface area contributed by atoms with Gasteiger partial charge in [-0.15, -0.1) is 34.8 Å². The number of benzene rings is 2. The van der Waals surface area contributed by atoms with Crippen molar-refractivity contribution in [2.45, 2.75) is 26.5 Å². The quantitative estimate of drug-likeness (QED) is 0.173. The van der Waals surface area contributed by atoms with Gasteiger partial charge in [-0.05, 0) is 42.8 Å². The van der Waals surface area contributed by atoms with E-state index >= 15 is 0 Å². The molecule has 216 valence electrons. The summed E-state index contributed by atoms with van der Waals surface area (Å²) in [5, 5.41) is 0.472. The van der Waals surface area contributed by atoms with Crippen molar-refractivity contribution in [3.63, 3.8) is 0 Å². The summed E-state index contributed by atoms with van der Waals surface area (Å²) >= 11 is 51.9. The molecule has 2 bridgehead atoms. The molecule has 3 amide bonds. The van der Waals surface area contributed by atoms with Crippen LogP contribution in [0.3, 0.4) is 0 Å². The fraction of sp³-hybridized carbons (Fsp3) is 0.308. The van der Waals surface area contributed by atoms with Crippen molar-refractivity contribution in [3.8, 4) is 0 Å². The Kier molecular flexibility index (Phi) is 8.13. The number of Topliss-reactive ketones (excluding diaryl/α,β-unsaturated/α-hetero) is 1. The molecule has 1 saturated heterocycles. The summed E-state index contributed by atoms with van der Waals surface area (Å²) in [7, 11) is 0. The molecule has 0 spiro atoms. The van der Waals surface area contributed by atoms with Gasteiger partial charge in [0, 0.05) is 11.4 Å². The number of carbonyl (C=O) groups is 4. The Morgan fingerprint density at radius 3 is 1.88 bits per heavy atom. The van der Waals surface area contributed by atoms with Gasteiger partial charge in [-0.2, -0.15) is 5.01 Å². The Morgan fingerprint density at radius 2 is 1.39 bits per heavy atom. The molecule has 2 fully saturated rings. The number of alkyl halides is 5. The molecule has 1 aliphatic heterocycles. The standard InChI is InChI=1S/C26H15Cl8FN2O4/c27-10-9-15(18(38)11-5-7-12(35)8-6-11)36(21(39)13-3-1-2-4-14(13)28)37-22(40)16-17(23(37)41)25(32)20(30)19(29)24(16,31)26(25,33)34/h1-8,15-17H,9-10H2/t15-,16-,17+,24+,25+/m0/s1. The Morgan fingerprint density at radius 1 is 0.878 bits per heavy atom. The van der Waals surface area contributed by atoms with Gasteiger partial charge < -0.3 is 0 Å². The molecule has 1 saturated carbocycles. The molecule has 41 heavy (non-hydrogen) atoms. The van der Waals surface area contributed by atoms with E-state index in [4.69, 9.17) is 92.8 Å². The molecule has 15 heteroatoms. The maximum Gasteiger partial charge on any atom is 0.275 e. The zero-order valence-corrected chi connectivity index (χ0v) is 26.2. The van der Waals surface area contributed by atoms with Gasteiger partial charge in [-0.3, -0.25) is 19.2 Å². The molecule has 0 aromatic heterocycles. The summed E-state index contributed by atoms with van der Waals surface area (Å²) in [6, 6.07) is 8.75. The number of allylic oxidation sites excluding steroid dienone is 2. The molecule has 3 aliphatic rings. The van der Waals surface area contributed by atoms with E-state index in [0.29, 0.717) is 10.0 Å². The van der Waals surface area contributed by atoms with Crippen molar-refractivity contribution in [2.75, 3.05) is 5.88 Å². The van der Waals surface area contributed by atoms with Gasteiger partial charge >= 0.3 is 0 Å². The fourth-order valence-corrected chi connectivity index (χ4v) is 8.95. The number of rotatable bonds is 7. The van der Waals surface area contributed by atoms with E-state index in [1.807, 2.05) is 0 Å². The molecule has 2 aromatic rings. The number of imide groups is 1. The molecule has 6 nitrogen and oxygen atoms in total. The van der Waals surface area contributed by atoms with Crippen molar-refractivity contribution < 1.29 is 23.6 Å². The van der Waals surface area contributed by atoms with Crippen LogP contribution in [-0.4, -0.2) is 59.5 Å². The first-order chi connectivity index (χ1) is 19.2. The Labute approximate surface area is 273 Å². The van der Waals surface area contributed by atoms with Gasteiger partial charge in [-0.25, -0.2) is 9.40 Å². The van der Waals surface area contributed by atoms with E-state index in [1.54, 1.807) is 6.07 Å². The molecular formula is C26H15Cl8FN2O4. The minimum Gasteiger partial charge on any atom is -0.292 e. The largest absolute Gasteiger partial charge is 0.292 e. The molecule has 0 radical (unpaired) electrons. The van der Waals surface area contributed by atoms with Crippen molar-refractivity contribution >= 4 is 116 Å². The third kappa shape index (κ3) is 4.11. The predicted octanol–water partition coefficient (Wildman–Crippen LogP) is 7.16. The van der Waals surface area contributed by atoms with E-state index in [9.17, 15) is 23.6 Å². The van der Waals surface area contributed by atoms with Crippen LogP contribution in [0.5, 0.6) is 0 Å². The van der Waals surface area contributed by atoms with Gasteiger partial charge in [0.15, 0.2) is 10.1 Å². The summed E-state index contributed by atoms with van der Waals surface area (Å²) < 4.78 is 11.4. The molecule has 0 N–H and O–H groups in total. The Balaban J connectivity index is 1.69. The number of ketones is 1. The maximum absolute atomic E-state index is 14.1. The number of hydrazine groups is 1. The van der Waals surface area contributed by atoms with E-state index in [1.165, 1.54) is 30.3 Å². The number of fused-ring (bicyclic) bond motifs is 5. The zero-order chi connectivity index (χ0) is 30.2.